The molecule has 0 spiro atoms. The zero-order valence-electron chi connectivity index (χ0n) is 14.0. The van der Waals surface area contributed by atoms with Crippen molar-refractivity contribution in [2.75, 3.05) is 22.9 Å². The van der Waals surface area contributed by atoms with Crippen LogP contribution in [0.1, 0.15) is 5.56 Å². The Balaban J connectivity index is 2.11. The Morgan fingerprint density at radius 1 is 0.600 bits per heavy atom. The summed E-state index contributed by atoms with van der Waals surface area (Å²) in [6.45, 7) is 2.06. The minimum atomic E-state index is 0.538. The first-order valence-electron chi connectivity index (χ1n) is 8.12. The van der Waals surface area contributed by atoms with Crippen molar-refractivity contribution in [3.8, 4) is 11.1 Å². The van der Waals surface area contributed by atoms with Gasteiger partial charge in [-0.05, 0) is 35.4 Å². The van der Waals surface area contributed by atoms with Gasteiger partial charge in [0.15, 0.2) is 0 Å². The lowest BCUT2D eigenvalue weighted by Gasteiger charge is -2.16. The maximum absolute atomic E-state index is 6.45. The summed E-state index contributed by atoms with van der Waals surface area (Å²) in [5.41, 5.74) is 30.4. The summed E-state index contributed by atoms with van der Waals surface area (Å²) in [6.07, 6.45) is 0. The van der Waals surface area contributed by atoms with Gasteiger partial charge in [0, 0.05) is 16.3 Å². The van der Waals surface area contributed by atoms with Crippen LogP contribution in [0.4, 0.5) is 22.7 Å². The highest BCUT2D eigenvalue weighted by atomic mass is 14.7. The van der Waals surface area contributed by atoms with E-state index < -0.39 is 0 Å². The number of anilines is 4. The molecule has 4 aromatic rings. The Morgan fingerprint density at radius 3 is 1.92 bits per heavy atom. The number of benzene rings is 4. The van der Waals surface area contributed by atoms with Gasteiger partial charge in [0.05, 0.1) is 22.7 Å². The highest BCUT2D eigenvalue weighted by Crippen LogP contribution is 2.42. The van der Waals surface area contributed by atoms with Crippen LogP contribution in [0.2, 0.25) is 0 Å². The molecule has 0 radical (unpaired) electrons. The third-order valence-electron chi connectivity index (χ3n) is 4.80. The topological polar surface area (TPSA) is 104 Å². The van der Waals surface area contributed by atoms with Crippen molar-refractivity contribution < 1.29 is 0 Å². The second kappa shape index (κ2) is 5.31. The van der Waals surface area contributed by atoms with E-state index in [-0.39, 0.29) is 0 Å². The Kier molecular flexibility index (Phi) is 3.22. The van der Waals surface area contributed by atoms with Crippen molar-refractivity contribution in [2.45, 2.75) is 6.92 Å². The lowest BCUT2D eigenvalue weighted by molar-refractivity contribution is 1.47. The molecule has 0 heterocycles. The standard InChI is InChI=1S/C21H20N4/c1-11-2-4-12(5-3-11)15-10-14-7-6-13-8-9-16(22)20(24)17(13)18(14)21(25)19(15)23/h2-10H,22-25H2,1H3. The number of aryl methyl sites for hydroxylation is 1. The van der Waals surface area contributed by atoms with Gasteiger partial charge >= 0.3 is 0 Å². The molecule has 8 N–H and O–H groups in total. The van der Waals surface area contributed by atoms with Crippen LogP contribution >= 0.6 is 0 Å². The second-order valence-electron chi connectivity index (χ2n) is 6.45. The first-order valence-corrected chi connectivity index (χ1v) is 8.12. The SMILES string of the molecule is Cc1ccc(-c2cc3ccc4ccc(N)c(N)c4c3c(N)c2N)cc1. The molecular weight excluding hydrogens is 308 g/mol. The summed E-state index contributed by atoms with van der Waals surface area (Å²) in [7, 11) is 0. The van der Waals surface area contributed by atoms with Gasteiger partial charge in [-0.1, -0.05) is 48.0 Å². The summed E-state index contributed by atoms with van der Waals surface area (Å²) in [6, 6.07) is 18.1. The molecule has 4 aromatic carbocycles. The smallest absolute Gasteiger partial charge is 0.0640 e. The van der Waals surface area contributed by atoms with E-state index >= 15 is 0 Å². The number of fused-ring (bicyclic) bond motifs is 3. The molecule has 0 bridgehead atoms. The van der Waals surface area contributed by atoms with E-state index in [0.717, 1.165) is 32.7 Å². The number of nitrogens with two attached hydrogens (primary N) is 4. The van der Waals surface area contributed by atoms with E-state index in [1.54, 1.807) is 0 Å². The van der Waals surface area contributed by atoms with E-state index in [1.807, 2.05) is 24.3 Å². The highest BCUT2D eigenvalue weighted by Gasteiger charge is 2.15. The number of hydrogen-bond donors (Lipinski definition) is 4. The number of hydrogen-bond acceptors (Lipinski definition) is 4. The lowest BCUT2D eigenvalue weighted by atomic mass is 9.93. The predicted molar refractivity (Wildman–Crippen MR) is 109 cm³/mol. The molecule has 124 valence electrons. The maximum Gasteiger partial charge on any atom is 0.0640 e. The van der Waals surface area contributed by atoms with Gasteiger partial charge in [-0.15, -0.1) is 0 Å². The molecule has 0 atom stereocenters. The van der Waals surface area contributed by atoms with E-state index in [2.05, 4.69) is 37.3 Å². The lowest BCUT2D eigenvalue weighted by Crippen LogP contribution is -2.01. The summed E-state index contributed by atoms with van der Waals surface area (Å²) in [5.74, 6) is 0. The van der Waals surface area contributed by atoms with Crippen molar-refractivity contribution >= 4 is 44.3 Å². The van der Waals surface area contributed by atoms with Gasteiger partial charge in [0.1, 0.15) is 0 Å². The van der Waals surface area contributed by atoms with E-state index in [9.17, 15) is 0 Å². The molecule has 4 nitrogen and oxygen atoms in total. The van der Waals surface area contributed by atoms with Crippen molar-refractivity contribution in [2.24, 2.45) is 0 Å². The second-order valence-corrected chi connectivity index (χ2v) is 6.45. The van der Waals surface area contributed by atoms with Gasteiger partial charge in [0.25, 0.3) is 0 Å². The average Bonchev–Trinajstić information content (AvgIpc) is 2.61. The highest BCUT2D eigenvalue weighted by molar-refractivity contribution is 6.22. The molecule has 0 aliphatic heterocycles. The zero-order chi connectivity index (χ0) is 17.7. The molecular formula is C21H20N4. The zero-order valence-corrected chi connectivity index (χ0v) is 14.0. The van der Waals surface area contributed by atoms with Gasteiger partial charge in [0.2, 0.25) is 0 Å². The Morgan fingerprint density at radius 2 is 1.20 bits per heavy atom. The fourth-order valence-electron chi connectivity index (χ4n) is 3.37. The third-order valence-corrected chi connectivity index (χ3v) is 4.80. The van der Waals surface area contributed by atoms with Crippen LogP contribution in [0.3, 0.4) is 0 Å². The molecule has 0 aliphatic rings. The maximum atomic E-state index is 6.45. The molecule has 25 heavy (non-hydrogen) atoms. The molecule has 0 aromatic heterocycles. The molecule has 0 unspecified atom stereocenters. The Hall–Kier alpha value is -3.40. The van der Waals surface area contributed by atoms with Crippen molar-refractivity contribution in [3.05, 3.63) is 60.2 Å². The van der Waals surface area contributed by atoms with E-state index in [4.69, 9.17) is 22.9 Å². The molecule has 4 heteroatoms. The summed E-state index contributed by atoms with van der Waals surface area (Å²) in [4.78, 5) is 0. The normalized spacial score (nSPS) is 11.2. The molecule has 0 amide bonds. The number of nitrogen functional groups attached to an aromatic ring is 4. The van der Waals surface area contributed by atoms with Crippen LogP contribution in [0, 0.1) is 6.92 Å². The van der Waals surface area contributed by atoms with Crippen molar-refractivity contribution in [1.82, 2.24) is 0 Å². The van der Waals surface area contributed by atoms with Crippen LogP contribution in [0.25, 0.3) is 32.7 Å². The van der Waals surface area contributed by atoms with Crippen LogP contribution in [-0.2, 0) is 0 Å². The Labute approximate surface area is 146 Å². The minimum Gasteiger partial charge on any atom is -0.397 e. The quantitative estimate of drug-likeness (QED) is 0.309. The van der Waals surface area contributed by atoms with Crippen LogP contribution in [0.15, 0.2) is 54.6 Å². The fourth-order valence-corrected chi connectivity index (χ4v) is 3.37. The van der Waals surface area contributed by atoms with Gasteiger partial charge < -0.3 is 22.9 Å². The predicted octanol–water partition coefficient (Wildman–Crippen LogP) is 4.30. The number of rotatable bonds is 1. The van der Waals surface area contributed by atoms with Crippen LogP contribution < -0.4 is 22.9 Å². The van der Waals surface area contributed by atoms with Gasteiger partial charge in [-0.3, -0.25) is 0 Å². The Bertz CT molecular complexity index is 1130. The molecule has 0 aliphatic carbocycles. The molecule has 0 saturated carbocycles. The minimum absolute atomic E-state index is 0.538. The average molecular weight is 328 g/mol. The third kappa shape index (κ3) is 2.22. The van der Waals surface area contributed by atoms with Gasteiger partial charge in [-0.25, -0.2) is 0 Å². The molecule has 0 saturated heterocycles. The molecule has 0 fully saturated rings. The summed E-state index contributed by atoms with van der Waals surface area (Å²) in [5, 5.41) is 3.70. The van der Waals surface area contributed by atoms with Crippen LogP contribution in [-0.4, -0.2) is 0 Å². The largest absolute Gasteiger partial charge is 0.397 e. The first kappa shape index (κ1) is 15.1. The molecule has 4 rings (SSSR count). The van der Waals surface area contributed by atoms with Crippen molar-refractivity contribution in [1.29, 1.82) is 0 Å². The first-order chi connectivity index (χ1) is 12.0. The van der Waals surface area contributed by atoms with Gasteiger partial charge in [-0.2, -0.15) is 0 Å². The summed E-state index contributed by atoms with van der Waals surface area (Å²) < 4.78 is 0. The fraction of sp³-hybridized carbons (Fsp3) is 0.0476. The van der Waals surface area contributed by atoms with Crippen molar-refractivity contribution in [3.63, 3.8) is 0 Å². The monoisotopic (exact) mass is 328 g/mol. The van der Waals surface area contributed by atoms with E-state index in [0.29, 0.717) is 22.7 Å². The van der Waals surface area contributed by atoms with Crippen LogP contribution in [0.5, 0.6) is 0 Å². The summed E-state index contributed by atoms with van der Waals surface area (Å²) >= 11 is 0. The van der Waals surface area contributed by atoms with E-state index in [1.165, 1.54) is 5.56 Å².